The maximum absolute atomic E-state index is 12.9. The van der Waals surface area contributed by atoms with Gasteiger partial charge < -0.3 is 4.74 Å². The van der Waals surface area contributed by atoms with E-state index in [0.717, 1.165) is 11.1 Å². The number of rotatable bonds is 6. The standard InChI is InChI=1S/C19H26N2O4S2/c1-6-12-9-16(22)19(4,18(12,2)3)11-27(23,24)21-17-20-14-8-7-13(25-5)10-15(14)26-17/h7-8,10,12H,6,9,11H2,1-5H3,(H,20,21). The Labute approximate surface area is 164 Å². The first-order valence-electron chi connectivity index (χ1n) is 9.01. The zero-order chi connectivity index (χ0) is 20.0. The Bertz CT molecular complexity index is 981. The van der Waals surface area contributed by atoms with E-state index < -0.39 is 15.4 Å². The number of ketones is 1. The highest BCUT2D eigenvalue weighted by Crippen LogP contribution is 2.55. The van der Waals surface area contributed by atoms with Crippen molar-refractivity contribution in [2.45, 2.75) is 40.5 Å². The first-order chi connectivity index (χ1) is 12.5. The molecule has 2 unspecified atom stereocenters. The summed E-state index contributed by atoms with van der Waals surface area (Å²) in [6, 6.07) is 5.40. The second-order valence-corrected chi connectivity index (χ2v) is 10.8. The van der Waals surface area contributed by atoms with Crippen LogP contribution >= 0.6 is 11.3 Å². The Morgan fingerprint density at radius 1 is 1.33 bits per heavy atom. The van der Waals surface area contributed by atoms with Crippen molar-refractivity contribution in [1.82, 2.24) is 4.98 Å². The van der Waals surface area contributed by atoms with Gasteiger partial charge >= 0.3 is 0 Å². The maximum atomic E-state index is 12.9. The van der Waals surface area contributed by atoms with E-state index in [9.17, 15) is 13.2 Å². The molecule has 1 heterocycles. The van der Waals surface area contributed by atoms with Gasteiger partial charge in [0.05, 0.1) is 23.1 Å². The number of Topliss-reactive ketones (excluding diaryl/α,β-unsaturated/α-hetero) is 1. The SMILES string of the molecule is CCC1CC(=O)C(C)(CS(=O)(=O)Nc2nc3ccc(OC)cc3s2)C1(C)C. The summed E-state index contributed by atoms with van der Waals surface area (Å²) in [5, 5.41) is 0.303. The van der Waals surface area contributed by atoms with E-state index in [2.05, 4.69) is 9.71 Å². The fraction of sp³-hybridized carbons (Fsp3) is 0.579. The molecule has 0 aliphatic heterocycles. The quantitative estimate of drug-likeness (QED) is 0.776. The Balaban J connectivity index is 1.86. The molecule has 1 aliphatic carbocycles. The number of sulfonamides is 1. The number of nitrogens with zero attached hydrogens (tertiary/aromatic N) is 1. The van der Waals surface area contributed by atoms with Gasteiger partial charge in [-0.3, -0.25) is 9.52 Å². The van der Waals surface area contributed by atoms with Gasteiger partial charge in [0.25, 0.3) is 0 Å². The van der Waals surface area contributed by atoms with E-state index >= 15 is 0 Å². The molecule has 3 rings (SSSR count). The van der Waals surface area contributed by atoms with Crippen LogP contribution in [0.4, 0.5) is 5.13 Å². The van der Waals surface area contributed by atoms with Gasteiger partial charge in [-0.2, -0.15) is 0 Å². The van der Waals surface area contributed by atoms with Crippen molar-refractivity contribution >= 4 is 42.5 Å². The molecule has 0 bridgehead atoms. The van der Waals surface area contributed by atoms with Crippen LogP contribution in [0.2, 0.25) is 0 Å². The van der Waals surface area contributed by atoms with Gasteiger partial charge in [-0.05, 0) is 29.5 Å². The summed E-state index contributed by atoms with van der Waals surface area (Å²) < 4.78 is 34.3. The fourth-order valence-corrected chi connectivity index (χ4v) is 7.03. The molecule has 1 aromatic heterocycles. The zero-order valence-electron chi connectivity index (χ0n) is 16.3. The Morgan fingerprint density at radius 3 is 2.63 bits per heavy atom. The van der Waals surface area contributed by atoms with Gasteiger partial charge in [-0.15, -0.1) is 0 Å². The molecule has 27 heavy (non-hydrogen) atoms. The third kappa shape index (κ3) is 3.45. The van der Waals surface area contributed by atoms with Crippen molar-refractivity contribution in [3.05, 3.63) is 18.2 Å². The molecule has 1 saturated carbocycles. The highest BCUT2D eigenvalue weighted by molar-refractivity contribution is 7.93. The van der Waals surface area contributed by atoms with Crippen LogP contribution < -0.4 is 9.46 Å². The number of aromatic nitrogens is 1. The minimum Gasteiger partial charge on any atom is -0.497 e. The van der Waals surface area contributed by atoms with Crippen LogP contribution in [0, 0.1) is 16.7 Å². The van der Waals surface area contributed by atoms with E-state index in [0.29, 0.717) is 22.8 Å². The number of carbonyl (C=O) groups excluding carboxylic acids is 1. The number of anilines is 1. The van der Waals surface area contributed by atoms with E-state index in [1.54, 1.807) is 26.2 Å². The molecule has 0 spiro atoms. The lowest BCUT2D eigenvalue weighted by molar-refractivity contribution is -0.126. The number of ether oxygens (including phenoxy) is 1. The molecule has 2 atom stereocenters. The summed E-state index contributed by atoms with van der Waals surface area (Å²) in [4.78, 5) is 17.0. The number of carbonyl (C=O) groups is 1. The molecule has 1 N–H and O–H groups in total. The van der Waals surface area contributed by atoms with Crippen LogP contribution in [0.1, 0.15) is 40.5 Å². The Hall–Kier alpha value is -1.67. The number of thiazole rings is 1. The topological polar surface area (TPSA) is 85.4 Å². The molecule has 1 aromatic carbocycles. The van der Waals surface area contributed by atoms with Crippen molar-refractivity contribution < 1.29 is 17.9 Å². The Kier molecular flexibility index (Phi) is 5.01. The normalized spacial score (nSPS) is 25.1. The van der Waals surface area contributed by atoms with Gasteiger partial charge in [0, 0.05) is 11.8 Å². The molecular formula is C19H26N2O4S2. The van der Waals surface area contributed by atoms with Crippen molar-refractivity contribution in [2.24, 2.45) is 16.7 Å². The number of hydrogen-bond donors (Lipinski definition) is 1. The lowest BCUT2D eigenvalue weighted by Crippen LogP contribution is -2.44. The second kappa shape index (κ2) is 6.74. The van der Waals surface area contributed by atoms with Crippen LogP contribution in [-0.4, -0.2) is 32.0 Å². The Morgan fingerprint density at radius 2 is 2.04 bits per heavy atom. The van der Waals surface area contributed by atoms with Gasteiger partial charge in [0.15, 0.2) is 5.13 Å². The third-order valence-electron chi connectivity index (χ3n) is 6.30. The van der Waals surface area contributed by atoms with Crippen LogP contribution in [-0.2, 0) is 14.8 Å². The molecule has 1 aliphatic rings. The first-order valence-corrected chi connectivity index (χ1v) is 11.5. The summed E-state index contributed by atoms with van der Waals surface area (Å²) in [7, 11) is -2.15. The van der Waals surface area contributed by atoms with Crippen LogP contribution in [0.3, 0.4) is 0 Å². The molecule has 148 valence electrons. The number of hydrogen-bond acceptors (Lipinski definition) is 6. The number of fused-ring (bicyclic) bond motifs is 1. The predicted octanol–water partition coefficient (Wildman–Crippen LogP) is 4.08. The van der Waals surface area contributed by atoms with E-state index in [-0.39, 0.29) is 22.9 Å². The lowest BCUT2D eigenvalue weighted by Gasteiger charge is -2.39. The molecule has 2 aromatic rings. The number of methoxy groups -OCH3 is 1. The summed E-state index contributed by atoms with van der Waals surface area (Å²) in [6.45, 7) is 7.85. The van der Waals surface area contributed by atoms with Gasteiger partial charge in [0.1, 0.15) is 11.5 Å². The monoisotopic (exact) mass is 410 g/mol. The van der Waals surface area contributed by atoms with Crippen molar-refractivity contribution in [1.29, 1.82) is 0 Å². The van der Waals surface area contributed by atoms with E-state index in [4.69, 9.17) is 4.74 Å². The summed E-state index contributed by atoms with van der Waals surface area (Å²) in [5.74, 6) is 0.678. The zero-order valence-corrected chi connectivity index (χ0v) is 18.0. The van der Waals surface area contributed by atoms with E-state index in [1.807, 2.05) is 26.8 Å². The molecule has 6 nitrogen and oxygen atoms in total. The van der Waals surface area contributed by atoms with Gasteiger partial charge in [0.2, 0.25) is 10.0 Å². The van der Waals surface area contributed by atoms with Crippen molar-refractivity contribution in [3.8, 4) is 5.75 Å². The van der Waals surface area contributed by atoms with Crippen LogP contribution in [0.25, 0.3) is 10.2 Å². The van der Waals surface area contributed by atoms with Gasteiger partial charge in [-0.1, -0.05) is 45.5 Å². The first kappa shape index (κ1) is 20.1. The molecule has 8 heteroatoms. The van der Waals surface area contributed by atoms with Crippen molar-refractivity contribution in [2.75, 3.05) is 17.6 Å². The molecule has 0 radical (unpaired) electrons. The summed E-state index contributed by atoms with van der Waals surface area (Å²) in [6.07, 6.45) is 1.30. The average Bonchev–Trinajstić information content (AvgIpc) is 3.04. The summed E-state index contributed by atoms with van der Waals surface area (Å²) >= 11 is 1.25. The third-order valence-corrected chi connectivity index (χ3v) is 8.82. The summed E-state index contributed by atoms with van der Waals surface area (Å²) in [5.41, 5.74) is -0.596. The molecular weight excluding hydrogens is 384 g/mol. The minimum atomic E-state index is -3.73. The highest BCUT2D eigenvalue weighted by Gasteiger charge is 2.58. The van der Waals surface area contributed by atoms with Crippen LogP contribution in [0.5, 0.6) is 5.75 Å². The van der Waals surface area contributed by atoms with Crippen molar-refractivity contribution in [3.63, 3.8) is 0 Å². The predicted molar refractivity (Wildman–Crippen MR) is 109 cm³/mol. The van der Waals surface area contributed by atoms with E-state index in [1.165, 1.54) is 11.3 Å². The average molecular weight is 411 g/mol. The molecule has 0 amide bonds. The maximum Gasteiger partial charge on any atom is 0.235 e. The van der Waals surface area contributed by atoms with Crippen LogP contribution in [0.15, 0.2) is 18.2 Å². The fourth-order valence-electron chi connectivity index (χ4n) is 4.06. The largest absolute Gasteiger partial charge is 0.497 e. The smallest absolute Gasteiger partial charge is 0.235 e. The molecule has 0 saturated heterocycles. The highest BCUT2D eigenvalue weighted by atomic mass is 32.2. The molecule has 1 fully saturated rings. The minimum absolute atomic E-state index is 0.0266. The second-order valence-electron chi connectivity index (χ2n) is 8.00. The van der Waals surface area contributed by atoms with Gasteiger partial charge in [-0.25, -0.2) is 13.4 Å². The number of benzene rings is 1. The lowest BCUT2D eigenvalue weighted by atomic mass is 9.66. The number of nitrogens with one attached hydrogen (secondary N) is 1.